The van der Waals surface area contributed by atoms with Crippen LogP contribution in [-0.2, 0) is 16.6 Å². The van der Waals surface area contributed by atoms with Crippen LogP contribution in [0.3, 0.4) is 0 Å². The number of rotatable bonds is 4. The number of sulfonamides is 1. The van der Waals surface area contributed by atoms with Crippen LogP contribution in [0.15, 0.2) is 21.5 Å². The second kappa shape index (κ2) is 7.22. The van der Waals surface area contributed by atoms with E-state index in [1.807, 2.05) is 20.0 Å². The summed E-state index contributed by atoms with van der Waals surface area (Å²) in [5.41, 5.74) is 1.77. The lowest BCUT2D eigenvalue weighted by atomic mass is 10.1. The zero-order valence-electron chi connectivity index (χ0n) is 12.7. The lowest BCUT2D eigenvalue weighted by Gasteiger charge is -2.22. The van der Waals surface area contributed by atoms with Gasteiger partial charge in [-0.2, -0.15) is 4.31 Å². The number of nitrogens with zero attached hydrogens (tertiary/aromatic N) is 1. The highest BCUT2D eigenvalue weighted by Gasteiger charge is 2.27. The average Bonchev–Trinajstić information content (AvgIpc) is 2.72. The van der Waals surface area contributed by atoms with E-state index >= 15 is 0 Å². The Labute approximate surface area is 136 Å². The van der Waals surface area contributed by atoms with Crippen LogP contribution in [0.5, 0.6) is 0 Å². The third-order valence-corrected chi connectivity index (χ3v) is 6.77. The van der Waals surface area contributed by atoms with E-state index in [-0.39, 0.29) is 0 Å². The molecule has 1 heterocycles. The van der Waals surface area contributed by atoms with Gasteiger partial charge in [0.1, 0.15) is 0 Å². The summed E-state index contributed by atoms with van der Waals surface area (Å²) in [5, 5.41) is 3.07. The van der Waals surface area contributed by atoms with Gasteiger partial charge in [-0.1, -0.05) is 28.8 Å². The molecule has 0 amide bonds. The first-order valence-electron chi connectivity index (χ1n) is 7.40. The minimum Gasteiger partial charge on any atom is -0.316 e. The third-order valence-electron chi connectivity index (χ3n) is 3.92. The topological polar surface area (TPSA) is 49.4 Å². The van der Waals surface area contributed by atoms with Crippen LogP contribution < -0.4 is 5.32 Å². The summed E-state index contributed by atoms with van der Waals surface area (Å²) in [6.45, 7) is 3.78. The van der Waals surface area contributed by atoms with E-state index in [2.05, 4.69) is 21.2 Å². The van der Waals surface area contributed by atoms with E-state index in [1.165, 1.54) is 0 Å². The molecule has 0 aliphatic carbocycles. The molecule has 0 radical (unpaired) electrons. The minimum absolute atomic E-state index is 0.434. The lowest BCUT2D eigenvalue weighted by Crippen LogP contribution is -2.32. The first-order valence-corrected chi connectivity index (χ1v) is 9.64. The van der Waals surface area contributed by atoms with Crippen LogP contribution in [0.2, 0.25) is 0 Å². The predicted molar refractivity (Wildman–Crippen MR) is 88.9 cm³/mol. The summed E-state index contributed by atoms with van der Waals surface area (Å²) in [6, 6.07) is 3.78. The lowest BCUT2D eigenvalue weighted by molar-refractivity contribution is 0.423. The number of halogens is 1. The molecule has 1 aliphatic heterocycles. The molecule has 0 bridgehead atoms. The maximum atomic E-state index is 13.0. The molecular formula is C15H23BrN2O2S. The highest BCUT2D eigenvalue weighted by atomic mass is 79.9. The van der Waals surface area contributed by atoms with Crippen molar-refractivity contribution in [2.45, 2.75) is 44.0 Å². The van der Waals surface area contributed by atoms with Gasteiger partial charge in [0.15, 0.2) is 0 Å². The summed E-state index contributed by atoms with van der Waals surface area (Å²) in [5.74, 6) is 0. The zero-order chi connectivity index (χ0) is 15.5. The van der Waals surface area contributed by atoms with Gasteiger partial charge in [-0.25, -0.2) is 8.42 Å². The molecule has 2 rings (SSSR count). The Morgan fingerprint density at radius 1 is 1.19 bits per heavy atom. The molecule has 0 spiro atoms. The average molecular weight is 375 g/mol. The molecule has 118 valence electrons. The molecule has 1 aromatic rings. The van der Waals surface area contributed by atoms with Gasteiger partial charge in [0.2, 0.25) is 10.0 Å². The van der Waals surface area contributed by atoms with E-state index in [4.69, 9.17) is 0 Å². The van der Waals surface area contributed by atoms with Crippen molar-refractivity contribution in [3.63, 3.8) is 0 Å². The second-order valence-electron chi connectivity index (χ2n) is 5.55. The molecule has 1 N–H and O–H groups in total. The molecular weight excluding hydrogens is 352 g/mol. The monoisotopic (exact) mass is 374 g/mol. The number of hydrogen-bond donors (Lipinski definition) is 1. The smallest absolute Gasteiger partial charge is 0.243 e. The first-order chi connectivity index (χ1) is 9.96. The Bertz CT molecular complexity index is 594. The molecule has 1 aliphatic rings. The highest BCUT2D eigenvalue weighted by Crippen LogP contribution is 2.29. The van der Waals surface area contributed by atoms with Gasteiger partial charge >= 0.3 is 0 Å². The Morgan fingerprint density at radius 2 is 1.81 bits per heavy atom. The summed E-state index contributed by atoms with van der Waals surface area (Å²) < 4.78 is 28.4. The van der Waals surface area contributed by atoms with Crippen LogP contribution in [-0.4, -0.2) is 32.9 Å². The number of benzene rings is 1. The van der Waals surface area contributed by atoms with Gasteiger partial charge in [0.05, 0.1) is 4.90 Å². The van der Waals surface area contributed by atoms with Gasteiger partial charge in [0.25, 0.3) is 0 Å². The van der Waals surface area contributed by atoms with Gasteiger partial charge < -0.3 is 5.32 Å². The predicted octanol–water partition coefficient (Wildman–Crippen LogP) is 3.04. The van der Waals surface area contributed by atoms with Crippen molar-refractivity contribution in [2.24, 2.45) is 0 Å². The zero-order valence-corrected chi connectivity index (χ0v) is 15.1. The van der Waals surface area contributed by atoms with Crippen molar-refractivity contribution in [3.8, 4) is 0 Å². The number of nitrogens with one attached hydrogen (secondary N) is 1. The first kappa shape index (κ1) is 16.9. The fraction of sp³-hybridized carbons (Fsp3) is 0.600. The molecule has 0 unspecified atom stereocenters. The summed E-state index contributed by atoms with van der Waals surface area (Å²) >= 11 is 3.49. The van der Waals surface area contributed by atoms with Crippen LogP contribution in [0.4, 0.5) is 0 Å². The molecule has 0 saturated carbocycles. The molecule has 1 aromatic carbocycles. The summed E-state index contributed by atoms with van der Waals surface area (Å²) in [7, 11) is -1.55. The van der Waals surface area contributed by atoms with Gasteiger partial charge in [-0.05, 0) is 50.1 Å². The molecule has 4 nitrogen and oxygen atoms in total. The molecule has 6 heteroatoms. The standard InChI is InChI=1S/C15H23BrN2O2S/c1-12-14(16)9-13(11-17-2)10-15(12)21(19,20)18-7-5-3-4-6-8-18/h9-10,17H,3-8,11H2,1-2H3. The van der Waals surface area contributed by atoms with E-state index in [0.717, 1.165) is 41.3 Å². The maximum absolute atomic E-state index is 13.0. The molecule has 0 atom stereocenters. The van der Waals surface area contributed by atoms with Crippen molar-refractivity contribution in [2.75, 3.05) is 20.1 Å². The minimum atomic E-state index is -3.40. The largest absolute Gasteiger partial charge is 0.316 e. The summed E-state index contributed by atoms with van der Waals surface area (Å²) in [6.07, 6.45) is 4.15. The third kappa shape index (κ3) is 3.86. The van der Waals surface area contributed by atoms with Crippen molar-refractivity contribution in [3.05, 3.63) is 27.7 Å². The molecule has 21 heavy (non-hydrogen) atoms. The van der Waals surface area contributed by atoms with Gasteiger partial charge in [-0.3, -0.25) is 0 Å². The Balaban J connectivity index is 2.42. The van der Waals surface area contributed by atoms with E-state index in [9.17, 15) is 8.42 Å². The SMILES string of the molecule is CNCc1cc(Br)c(C)c(S(=O)(=O)N2CCCCCC2)c1. The van der Waals surface area contributed by atoms with E-state index in [0.29, 0.717) is 24.5 Å². The van der Waals surface area contributed by atoms with Crippen LogP contribution >= 0.6 is 15.9 Å². The summed E-state index contributed by atoms with van der Waals surface area (Å²) in [4.78, 5) is 0.434. The fourth-order valence-electron chi connectivity index (χ4n) is 2.70. The van der Waals surface area contributed by atoms with Crippen LogP contribution in [0, 0.1) is 6.92 Å². The Morgan fingerprint density at radius 3 is 2.38 bits per heavy atom. The second-order valence-corrected chi connectivity index (χ2v) is 8.31. The quantitative estimate of drug-likeness (QED) is 0.880. The number of hydrogen-bond acceptors (Lipinski definition) is 3. The molecule has 1 saturated heterocycles. The Kier molecular flexibility index (Phi) is 5.82. The highest BCUT2D eigenvalue weighted by molar-refractivity contribution is 9.10. The van der Waals surface area contributed by atoms with Gasteiger partial charge in [0, 0.05) is 24.1 Å². The van der Waals surface area contributed by atoms with Crippen LogP contribution in [0.25, 0.3) is 0 Å². The van der Waals surface area contributed by atoms with Crippen molar-refractivity contribution in [1.29, 1.82) is 0 Å². The molecule has 0 aromatic heterocycles. The normalized spacial score (nSPS) is 17.7. The fourth-order valence-corrected chi connectivity index (χ4v) is 5.16. The molecule has 1 fully saturated rings. The van der Waals surface area contributed by atoms with E-state index < -0.39 is 10.0 Å². The van der Waals surface area contributed by atoms with Crippen LogP contribution in [0.1, 0.15) is 36.8 Å². The van der Waals surface area contributed by atoms with Crippen molar-refractivity contribution in [1.82, 2.24) is 9.62 Å². The van der Waals surface area contributed by atoms with Crippen molar-refractivity contribution >= 4 is 26.0 Å². The van der Waals surface area contributed by atoms with Crippen molar-refractivity contribution < 1.29 is 8.42 Å². The maximum Gasteiger partial charge on any atom is 0.243 e. The van der Waals surface area contributed by atoms with Gasteiger partial charge in [-0.15, -0.1) is 0 Å². The van der Waals surface area contributed by atoms with E-state index in [1.54, 1.807) is 10.4 Å². The Hall–Kier alpha value is -0.430.